The first-order valence-electron chi connectivity index (χ1n) is 5.63. The van der Waals surface area contributed by atoms with E-state index in [0.29, 0.717) is 0 Å². The maximum Gasteiger partial charge on any atom is -0.00158 e. The Morgan fingerprint density at radius 3 is 2.13 bits per heavy atom. The van der Waals surface area contributed by atoms with Crippen molar-refractivity contribution >= 4 is 0 Å². The van der Waals surface area contributed by atoms with Crippen LogP contribution in [-0.2, 0) is 6.42 Å². The van der Waals surface area contributed by atoms with E-state index in [1.54, 1.807) is 0 Å². The number of nitrogens with zero attached hydrogens (tertiary/aromatic N) is 1. The molecule has 0 radical (unpaired) electrons. The Hall–Kier alpha value is -0.860. The third-order valence-electron chi connectivity index (χ3n) is 2.68. The number of hydrogen-bond donors (Lipinski definition) is 0. The van der Waals surface area contributed by atoms with Gasteiger partial charge in [-0.2, -0.15) is 0 Å². The first-order valence-corrected chi connectivity index (χ1v) is 5.63. The molecule has 0 saturated heterocycles. The molecular formula is C13H23NO. The number of benzene rings is 1. The fraction of sp³-hybridized carbons (Fsp3) is 0.538. The maximum atomic E-state index is 2.48. The van der Waals surface area contributed by atoms with Gasteiger partial charge in [0.05, 0.1) is 0 Å². The summed E-state index contributed by atoms with van der Waals surface area (Å²) in [4.78, 5) is 2.48. The topological polar surface area (TPSA) is 34.7 Å². The van der Waals surface area contributed by atoms with E-state index >= 15 is 0 Å². The van der Waals surface area contributed by atoms with Gasteiger partial charge in [-0.15, -0.1) is 0 Å². The zero-order valence-corrected chi connectivity index (χ0v) is 9.87. The van der Waals surface area contributed by atoms with Crippen LogP contribution in [0.15, 0.2) is 30.3 Å². The summed E-state index contributed by atoms with van der Waals surface area (Å²) in [5.74, 6) is 0. The molecule has 2 heteroatoms. The molecule has 0 bridgehead atoms. The molecule has 0 aromatic heterocycles. The van der Waals surface area contributed by atoms with Crippen molar-refractivity contribution in [1.82, 2.24) is 4.90 Å². The van der Waals surface area contributed by atoms with Crippen molar-refractivity contribution in [2.75, 3.05) is 19.6 Å². The molecule has 0 fully saturated rings. The van der Waals surface area contributed by atoms with E-state index in [0.717, 1.165) is 0 Å². The van der Waals surface area contributed by atoms with Gasteiger partial charge in [0.15, 0.2) is 0 Å². The van der Waals surface area contributed by atoms with E-state index in [1.807, 2.05) is 0 Å². The van der Waals surface area contributed by atoms with Crippen LogP contribution < -0.4 is 0 Å². The zero-order valence-electron chi connectivity index (χ0n) is 9.87. The largest absolute Gasteiger partial charge is 0.412 e. The van der Waals surface area contributed by atoms with Crippen molar-refractivity contribution in [2.45, 2.75) is 26.7 Å². The summed E-state index contributed by atoms with van der Waals surface area (Å²) in [7, 11) is 0. The van der Waals surface area contributed by atoms with Gasteiger partial charge in [0.2, 0.25) is 0 Å². The lowest BCUT2D eigenvalue weighted by atomic mass is 10.1. The Kier molecular flexibility index (Phi) is 7.96. The molecule has 2 nitrogen and oxygen atoms in total. The van der Waals surface area contributed by atoms with Crippen molar-refractivity contribution in [3.8, 4) is 0 Å². The maximum absolute atomic E-state index is 2.48. The van der Waals surface area contributed by atoms with Crippen molar-refractivity contribution in [2.24, 2.45) is 0 Å². The third kappa shape index (κ3) is 5.55. The molecule has 0 spiro atoms. The number of aryl methyl sites for hydroxylation is 1. The van der Waals surface area contributed by atoms with Crippen LogP contribution in [0.2, 0.25) is 0 Å². The van der Waals surface area contributed by atoms with Crippen LogP contribution in [0.5, 0.6) is 0 Å². The Morgan fingerprint density at radius 1 is 1.00 bits per heavy atom. The fourth-order valence-electron chi connectivity index (χ4n) is 1.69. The highest BCUT2D eigenvalue weighted by Crippen LogP contribution is 2.03. The van der Waals surface area contributed by atoms with E-state index in [2.05, 4.69) is 49.1 Å². The third-order valence-corrected chi connectivity index (χ3v) is 2.68. The number of rotatable bonds is 6. The zero-order chi connectivity index (χ0) is 10.2. The summed E-state index contributed by atoms with van der Waals surface area (Å²) in [6, 6.07) is 10.7. The fourth-order valence-corrected chi connectivity index (χ4v) is 1.69. The van der Waals surface area contributed by atoms with E-state index in [9.17, 15) is 0 Å². The minimum Gasteiger partial charge on any atom is -0.412 e. The van der Waals surface area contributed by atoms with Crippen molar-refractivity contribution < 1.29 is 5.48 Å². The molecule has 0 aliphatic carbocycles. The molecule has 15 heavy (non-hydrogen) atoms. The standard InChI is InChI=1S/C13H21N.H2O/c1-3-14(4-2)12-8-11-13-9-6-5-7-10-13;/h5-7,9-10H,3-4,8,11-12H2,1-2H3;1H2. The Bertz CT molecular complexity index is 232. The highest BCUT2D eigenvalue weighted by atomic mass is 16.0. The van der Waals surface area contributed by atoms with E-state index < -0.39 is 0 Å². The molecule has 1 aromatic carbocycles. The molecule has 0 aliphatic heterocycles. The van der Waals surface area contributed by atoms with Crippen molar-refractivity contribution in [3.63, 3.8) is 0 Å². The molecule has 86 valence electrons. The lowest BCUT2D eigenvalue weighted by Crippen LogP contribution is -2.24. The minimum atomic E-state index is 0. The van der Waals surface area contributed by atoms with Crippen LogP contribution in [0.25, 0.3) is 0 Å². The summed E-state index contributed by atoms with van der Waals surface area (Å²) in [6.07, 6.45) is 2.48. The van der Waals surface area contributed by atoms with Crippen LogP contribution in [0.4, 0.5) is 0 Å². The smallest absolute Gasteiger partial charge is 0.00158 e. The predicted octanol–water partition coefficient (Wildman–Crippen LogP) is 2.14. The van der Waals surface area contributed by atoms with Crippen LogP contribution in [0.3, 0.4) is 0 Å². The second-order valence-corrected chi connectivity index (χ2v) is 3.62. The molecule has 0 atom stereocenters. The Labute approximate surface area is 93.2 Å². The summed E-state index contributed by atoms with van der Waals surface area (Å²) in [6.45, 7) is 8.02. The lowest BCUT2D eigenvalue weighted by molar-refractivity contribution is 0.300. The Morgan fingerprint density at radius 2 is 1.60 bits per heavy atom. The Balaban J connectivity index is 0.00000196. The summed E-state index contributed by atoms with van der Waals surface area (Å²) in [5, 5.41) is 0. The SMILES string of the molecule is CCN(CC)CCCc1ccccc1.O. The summed E-state index contributed by atoms with van der Waals surface area (Å²) >= 11 is 0. The molecule has 1 rings (SSSR count). The van der Waals surface area contributed by atoms with Gasteiger partial charge in [0, 0.05) is 0 Å². The molecule has 0 unspecified atom stereocenters. The van der Waals surface area contributed by atoms with Gasteiger partial charge < -0.3 is 10.4 Å². The molecule has 2 N–H and O–H groups in total. The highest BCUT2D eigenvalue weighted by molar-refractivity contribution is 5.14. The lowest BCUT2D eigenvalue weighted by Gasteiger charge is -2.17. The van der Waals surface area contributed by atoms with Gasteiger partial charge in [0.25, 0.3) is 0 Å². The first-order chi connectivity index (χ1) is 6.86. The van der Waals surface area contributed by atoms with Gasteiger partial charge in [-0.25, -0.2) is 0 Å². The molecular weight excluding hydrogens is 186 g/mol. The van der Waals surface area contributed by atoms with Gasteiger partial charge in [-0.05, 0) is 38.0 Å². The second kappa shape index (κ2) is 8.45. The van der Waals surface area contributed by atoms with Gasteiger partial charge in [-0.3, -0.25) is 0 Å². The van der Waals surface area contributed by atoms with Crippen molar-refractivity contribution in [3.05, 3.63) is 35.9 Å². The normalized spacial score (nSPS) is 10.1. The van der Waals surface area contributed by atoms with Gasteiger partial charge in [-0.1, -0.05) is 44.2 Å². The molecule has 0 saturated carbocycles. The van der Waals surface area contributed by atoms with Gasteiger partial charge in [0.1, 0.15) is 0 Å². The van der Waals surface area contributed by atoms with Gasteiger partial charge >= 0.3 is 0 Å². The average Bonchev–Trinajstić information content (AvgIpc) is 2.26. The molecule has 0 amide bonds. The predicted molar refractivity (Wildman–Crippen MR) is 66.2 cm³/mol. The quantitative estimate of drug-likeness (QED) is 0.707. The second-order valence-electron chi connectivity index (χ2n) is 3.62. The molecule has 1 aromatic rings. The van der Waals surface area contributed by atoms with E-state index in [1.165, 1.54) is 38.0 Å². The highest BCUT2D eigenvalue weighted by Gasteiger charge is 1.98. The van der Waals surface area contributed by atoms with Crippen molar-refractivity contribution in [1.29, 1.82) is 0 Å². The van der Waals surface area contributed by atoms with Crippen LogP contribution in [-0.4, -0.2) is 30.0 Å². The van der Waals surface area contributed by atoms with Crippen LogP contribution in [0.1, 0.15) is 25.8 Å². The van der Waals surface area contributed by atoms with Crippen LogP contribution >= 0.6 is 0 Å². The summed E-state index contributed by atoms with van der Waals surface area (Å²) < 4.78 is 0. The number of hydrogen-bond acceptors (Lipinski definition) is 1. The molecule has 0 heterocycles. The molecule has 0 aliphatic rings. The van der Waals surface area contributed by atoms with E-state index in [4.69, 9.17) is 0 Å². The first kappa shape index (κ1) is 14.1. The average molecular weight is 209 g/mol. The van der Waals surface area contributed by atoms with E-state index in [-0.39, 0.29) is 5.48 Å². The minimum absolute atomic E-state index is 0. The monoisotopic (exact) mass is 209 g/mol. The van der Waals surface area contributed by atoms with Crippen LogP contribution in [0, 0.1) is 0 Å². The summed E-state index contributed by atoms with van der Waals surface area (Å²) in [5.41, 5.74) is 1.46.